The summed E-state index contributed by atoms with van der Waals surface area (Å²) in [5.41, 5.74) is 13.6. The number of rotatable bonds is 7. The molecule has 1 aromatic rings. The normalized spacial score (nSPS) is 14.4. The molecule has 1 rings (SSSR count). The van der Waals surface area contributed by atoms with Gasteiger partial charge in [0, 0.05) is 5.54 Å². The molecule has 2 heteroatoms. The van der Waals surface area contributed by atoms with Crippen molar-refractivity contribution in [1.29, 1.82) is 0 Å². The van der Waals surface area contributed by atoms with Crippen molar-refractivity contribution in [3.63, 3.8) is 0 Å². The van der Waals surface area contributed by atoms with E-state index in [0.717, 1.165) is 25.8 Å². The van der Waals surface area contributed by atoms with E-state index in [1.54, 1.807) is 0 Å². The maximum Gasteiger partial charge on any atom is 0.00998 e. The molecule has 2 nitrogen and oxygen atoms in total. The summed E-state index contributed by atoms with van der Waals surface area (Å²) in [5, 5.41) is 0. The third-order valence-electron chi connectivity index (χ3n) is 3.58. The van der Waals surface area contributed by atoms with Gasteiger partial charge in [-0.05, 0) is 56.6 Å². The fourth-order valence-corrected chi connectivity index (χ4v) is 2.77. The molecule has 0 fully saturated rings. The second-order valence-corrected chi connectivity index (χ2v) is 7.32. The van der Waals surface area contributed by atoms with E-state index in [0.29, 0.717) is 5.92 Å². The van der Waals surface area contributed by atoms with E-state index in [4.69, 9.17) is 11.5 Å². The van der Waals surface area contributed by atoms with Crippen LogP contribution in [0.5, 0.6) is 0 Å². The van der Waals surface area contributed by atoms with Crippen LogP contribution in [-0.4, -0.2) is 12.1 Å². The fraction of sp³-hybridized carbons (Fsp3) is 0.647. The molecule has 0 aliphatic rings. The molecule has 19 heavy (non-hydrogen) atoms. The fourth-order valence-electron chi connectivity index (χ4n) is 2.77. The molecule has 4 N–H and O–H groups in total. The average Bonchev–Trinajstić information content (AvgIpc) is 2.27. The monoisotopic (exact) mass is 262 g/mol. The van der Waals surface area contributed by atoms with Crippen molar-refractivity contribution in [2.75, 3.05) is 6.54 Å². The Morgan fingerprint density at radius 1 is 1.00 bits per heavy atom. The average molecular weight is 262 g/mol. The second kappa shape index (κ2) is 6.53. The molecular weight excluding hydrogens is 232 g/mol. The highest BCUT2D eigenvalue weighted by molar-refractivity contribution is 5.15. The molecule has 0 bridgehead atoms. The first-order valence-corrected chi connectivity index (χ1v) is 7.25. The van der Waals surface area contributed by atoms with E-state index in [9.17, 15) is 0 Å². The van der Waals surface area contributed by atoms with E-state index in [2.05, 4.69) is 58.0 Å². The largest absolute Gasteiger partial charge is 0.330 e. The molecule has 0 saturated heterocycles. The molecule has 0 saturated carbocycles. The van der Waals surface area contributed by atoms with E-state index in [1.165, 1.54) is 5.56 Å². The number of benzene rings is 1. The zero-order chi connectivity index (χ0) is 14.5. The highest BCUT2D eigenvalue weighted by Gasteiger charge is 2.26. The predicted octanol–water partition coefficient (Wildman–Crippen LogP) is 3.35. The minimum atomic E-state index is -0.121. The van der Waals surface area contributed by atoms with Gasteiger partial charge in [0.15, 0.2) is 0 Å². The standard InChI is InChI=1S/C17H30N2/c1-16(2,13-18)11-15(12-17(3,4)19)10-14-8-6-5-7-9-14/h5-9,15H,10-13,18-19H2,1-4H3. The van der Waals surface area contributed by atoms with Crippen LogP contribution in [0.25, 0.3) is 0 Å². The van der Waals surface area contributed by atoms with Crippen LogP contribution in [0.4, 0.5) is 0 Å². The molecule has 1 atom stereocenters. The van der Waals surface area contributed by atoms with E-state index in [1.807, 2.05) is 0 Å². The lowest BCUT2D eigenvalue weighted by atomic mass is 9.76. The topological polar surface area (TPSA) is 52.0 Å². The Morgan fingerprint density at radius 3 is 2.05 bits per heavy atom. The van der Waals surface area contributed by atoms with Crippen LogP contribution in [0, 0.1) is 11.3 Å². The minimum Gasteiger partial charge on any atom is -0.330 e. The predicted molar refractivity (Wildman–Crippen MR) is 84.0 cm³/mol. The molecule has 0 radical (unpaired) electrons. The van der Waals surface area contributed by atoms with Crippen molar-refractivity contribution in [3.8, 4) is 0 Å². The summed E-state index contributed by atoms with van der Waals surface area (Å²) >= 11 is 0. The Labute approximate surface area is 118 Å². The first-order valence-electron chi connectivity index (χ1n) is 7.25. The number of hydrogen-bond donors (Lipinski definition) is 2. The molecule has 108 valence electrons. The van der Waals surface area contributed by atoms with Crippen molar-refractivity contribution in [2.24, 2.45) is 22.8 Å². The van der Waals surface area contributed by atoms with Crippen LogP contribution in [0.3, 0.4) is 0 Å². The van der Waals surface area contributed by atoms with Crippen LogP contribution >= 0.6 is 0 Å². The highest BCUT2D eigenvalue weighted by Crippen LogP contribution is 2.31. The van der Waals surface area contributed by atoms with Gasteiger partial charge >= 0.3 is 0 Å². The van der Waals surface area contributed by atoms with Gasteiger partial charge in [-0.25, -0.2) is 0 Å². The van der Waals surface area contributed by atoms with Crippen LogP contribution in [0.2, 0.25) is 0 Å². The molecular formula is C17H30N2. The molecule has 0 spiro atoms. The maximum absolute atomic E-state index is 6.22. The molecule has 0 aliphatic carbocycles. The summed E-state index contributed by atoms with van der Waals surface area (Å²) in [5.74, 6) is 0.584. The highest BCUT2D eigenvalue weighted by atomic mass is 14.7. The van der Waals surface area contributed by atoms with Gasteiger partial charge in [0.25, 0.3) is 0 Å². The van der Waals surface area contributed by atoms with Gasteiger partial charge in [-0.3, -0.25) is 0 Å². The molecule has 1 aromatic carbocycles. The quantitative estimate of drug-likeness (QED) is 0.791. The summed E-state index contributed by atoms with van der Waals surface area (Å²) in [6, 6.07) is 10.7. The summed E-state index contributed by atoms with van der Waals surface area (Å²) < 4.78 is 0. The lowest BCUT2D eigenvalue weighted by Crippen LogP contribution is -2.37. The van der Waals surface area contributed by atoms with Gasteiger partial charge in [-0.1, -0.05) is 44.2 Å². The Kier molecular flexibility index (Phi) is 5.57. The minimum absolute atomic E-state index is 0.121. The van der Waals surface area contributed by atoms with E-state index < -0.39 is 0 Å². The van der Waals surface area contributed by atoms with Crippen molar-refractivity contribution < 1.29 is 0 Å². The molecule has 0 heterocycles. The van der Waals surface area contributed by atoms with Gasteiger partial charge in [0.05, 0.1) is 0 Å². The Bertz CT molecular complexity index is 363. The van der Waals surface area contributed by atoms with Gasteiger partial charge < -0.3 is 11.5 Å². The van der Waals surface area contributed by atoms with E-state index in [-0.39, 0.29) is 11.0 Å². The Hall–Kier alpha value is -0.860. The molecule has 0 amide bonds. The lowest BCUT2D eigenvalue weighted by Gasteiger charge is -2.32. The van der Waals surface area contributed by atoms with Gasteiger partial charge in [-0.15, -0.1) is 0 Å². The summed E-state index contributed by atoms with van der Waals surface area (Å²) in [6.45, 7) is 9.44. The Morgan fingerprint density at radius 2 is 1.58 bits per heavy atom. The summed E-state index contributed by atoms with van der Waals surface area (Å²) in [4.78, 5) is 0. The van der Waals surface area contributed by atoms with Crippen LogP contribution < -0.4 is 11.5 Å². The first kappa shape index (κ1) is 16.2. The van der Waals surface area contributed by atoms with Crippen LogP contribution in [0.15, 0.2) is 30.3 Å². The summed E-state index contributed by atoms with van der Waals surface area (Å²) in [7, 11) is 0. The third kappa shape index (κ3) is 6.74. The third-order valence-corrected chi connectivity index (χ3v) is 3.58. The van der Waals surface area contributed by atoms with Gasteiger partial charge in [-0.2, -0.15) is 0 Å². The van der Waals surface area contributed by atoms with Gasteiger partial charge in [0.2, 0.25) is 0 Å². The molecule has 0 aromatic heterocycles. The lowest BCUT2D eigenvalue weighted by molar-refractivity contribution is 0.235. The molecule has 0 aliphatic heterocycles. The van der Waals surface area contributed by atoms with Gasteiger partial charge in [0.1, 0.15) is 0 Å². The van der Waals surface area contributed by atoms with Crippen LogP contribution in [0.1, 0.15) is 46.1 Å². The first-order chi connectivity index (χ1) is 8.72. The maximum atomic E-state index is 6.22. The van der Waals surface area contributed by atoms with Crippen molar-refractivity contribution >= 4 is 0 Å². The zero-order valence-corrected chi connectivity index (χ0v) is 12.9. The number of hydrogen-bond acceptors (Lipinski definition) is 2. The molecule has 1 unspecified atom stereocenters. The Balaban J connectivity index is 2.75. The zero-order valence-electron chi connectivity index (χ0n) is 12.9. The SMILES string of the molecule is CC(C)(N)CC(Cc1ccccc1)CC(C)(C)CN. The van der Waals surface area contributed by atoms with E-state index >= 15 is 0 Å². The summed E-state index contributed by atoms with van der Waals surface area (Å²) in [6.07, 6.45) is 3.25. The van der Waals surface area contributed by atoms with Crippen molar-refractivity contribution in [1.82, 2.24) is 0 Å². The number of nitrogens with two attached hydrogens (primary N) is 2. The smallest absolute Gasteiger partial charge is 0.00998 e. The van der Waals surface area contributed by atoms with Crippen molar-refractivity contribution in [3.05, 3.63) is 35.9 Å². The van der Waals surface area contributed by atoms with Crippen LogP contribution in [-0.2, 0) is 6.42 Å². The van der Waals surface area contributed by atoms with Crippen molar-refractivity contribution in [2.45, 2.75) is 52.5 Å². The second-order valence-electron chi connectivity index (χ2n) is 7.32.